The third-order valence-electron chi connectivity index (χ3n) is 3.92. The predicted octanol–water partition coefficient (Wildman–Crippen LogP) is 4.33. The summed E-state index contributed by atoms with van der Waals surface area (Å²) in [5, 5.41) is 13.0. The van der Waals surface area contributed by atoms with Gasteiger partial charge >= 0.3 is 0 Å². The van der Waals surface area contributed by atoms with E-state index in [2.05, 4.69) is 41.2 Å². The number of hydrogen-bond donors (Lipinski definition) is 1. The first-order valence-electron chi connectivity index (χ1n) is 5.95. The molecule has 1 aromatic rings. The average molecular weight is 293 g/mol. The van der Waals surface area contributed by atoms with Crippen molar-refractivity contribution in [3.63, 3.8) is 0 Å². The van der Waals surface area contributed by atoms with Gasteiger partial charge in [0.1, 0.15) is 5.54 Å². The van der Waals surface area contributed by atoms with Gasteiger partial charge in [-0.05, 0) is 47.3 Å². The van der Waals surface area contributed by atoms with Gasteiger partial charge in [0, 0.05) is 15.6 Å². The van der Waals surface area contributed by atoms with E-state index in [9.17, 15) is 5.26 Å². The molecular formula is C14H17BrN2. The van der Waals surface area contributed by atoms with Crippen molar-refractivity contribution in [2.45, 2.75) is 38.6 Å². The summed E-state index contributed by atoms with van der Waals surface area (Å²) in [5.41, 5.74) is 0.567. The van der Waals surface area contributed by atoms with Gasteiger partial charge in [0.05, 0.1) is 6.07 Å². The molecule has 1 N–H and O–H groups in total. The summed E-state index contributed by atoms with van der Waals surface area (Å²) in [7, 11) is 0. The molecule has 1 aliphatic rings. The number of hydrogen-bond acceptors (Lipinski definition) is 2. The van der Waals surface area contributed by atoms with E-state index in [-0.39, 0.29) is 5.41 Å². The first-order valence-corrected chi connectivity index (χ1v) is 6.74. The van der Waals surface area contributed by atoms with Crippen molar-refractivity contribution in [1.82, 2.24) is 0 Å². The molecule has 2 rings (SSSR count). The third-order valence-corrected chi connectivity index (χ3v) is 4.61. The molecule has 0 aliphatic heterocycles. The van der Waals surface area contributed by atoms with Gasteiger partial charge in [-0.2, -0.15) is 5.26 Å². The third kappa shape index (κ3) is 2.07. The van der Waals surface area contributed by atoms with E-state index in [0.717, 1.165) is 29.4 Å². The quantitative estimate of drug-likeness (QED) is 0.880. The van der Waals surface area contributed by atoms with Crippen LogP contribution in [-0.2, 0) is 0 Å². The van der Waals surface area contributed by atoms with Crippen LogP contribution in [0.2, 0.25) is 0 Å². The fraction of sp³-hybridized carbons (Fsp3) is 0.500. The summed E-state index contributed by atoms with van der Waals surface area (Å²) >= 11 is 3.52. The first-order chi connectivity index (χ1) is 8.01. The minimum atomic E-state index is -0.448. The summed E-state index contributed by atoms with van der Waals surface area (Å²) in [6.07, 6.45) is 3.12. The second-order valence-electron chi connectivity index (χ2n) is 5.36. The number of nitrogens with one attached hydrogen (secondary N) is 1. The summed E-state index contributed by atoms with van der Waals surface area (Å²) in [6.45, 7) is 4.35. The van der Waals surface area contributed by atoms with Crippen LogP contribution in [0.25, 0.3) is 0 Å². The molecule has 0 aromatic heterocycles. The minimum absolute atomic E-state index is 0.0109. The van der Waals surface area contributed by atoms with Crippen LogP contribution in [0.5, 0.6) is 0 Å². The Morgan fingerprint density at radius 2 is 2.00 bits per heavy atom. The zero-order valence-corrected chi connectivity index (χ0v) is 11.8. The van der Waals surface area contributed by atoms with E-state index in [1.165, 1.54) is 0 Å². The van der Waals surface area contributed by atoms with Crippen LogP contribution in [0.1, 0.15) is 33.1 Å². The van der Waals surface area contributed by atoms with Crippen LogP contribution in [0.3, 0.4) is 0 Å². The topological polar surface area (TPSA) is 35.8 Å². The maximum Gasteiger partial charge on any atom is 0.130 e. The molecule has 3 heteroatoms. The molecule has 1 atom stereocenters. The van der Waals surface area contributed by atoms with Gasteiger partial charge in [-0.3, -0.25) is 0 Å². The molecule has 1 aromatic carbocycles. The molecule has 1 saturated carbocycles. The Balaban J connectivity index is 2.34. The van der Waals surface area contributed by atoms with E-state index in [1.54, 1.807) is 0 Å². The zero-order chi connectivity index (χ0) is 12.5. The number of halogens is 1. The van der Waals surface area contributed by atoms with Gasteiger partial charge in [0.2, 0.25) is 0 Å². The standard InChI is InChI=1S/C14H17BrN2/c1-13(2)8-5-9-14(13,10-16)17-12-7-4-3-6-11(12)15/h3-4,6-7,17H,5,8-9H2,1-2H3. The Morgan fingerprint density at radius 3 is 2.53 bits per heavy atom. The SMILES string of the molecule is CC1(C)CCCC1(C#N)Nc1ccccc1Br. The molecule has 0 bridgehead atoms. The summed E-state index contributed by atoms with van der Waals surface area (Å²) < 4.78 is 1.01. The Labute approximate surface area is 111 Å². The fourth-order valence-corrected chi connectivity index (χ4v) is 2.99. The molecule has 90 valence electrons. The van der Waals surface area contributed by atoms with Crippen LogP contribution in [0.4, 0.5) is 5.69 Å². The first kappa shape index (κ1) is 12.4. The van der Waals surface area contributed by atoms with E-state index in [0.29, 0.717) is 0 Å². The highest BCUT2D eigenvalue weighted by Crippen LogP contribution is 2.48. The Morgan fingerprint density at radius 1 is 1.29 bits per heavy atom. The molecule has 1 fully saturated rings. The lowest BCUT2D eigenvalue weighted by Gasteiger charge is -2.37. The van der Waals surface area contributed by atoms with E-state index >= 15 is 0 Å². The van der Waals surface area contributed by atoms with Crippen LogP contribution in [0, 0.1) is 16.7 Å². The second kappa shape index (κ2) is 4.34. The number of nitrogens with zero attached hydrogens (tertiary/aromatic N) is 1. The van der Waals surface area contributed by atoms with Gasteiger partial charge in [-0.25, -0.2) is 0 Å². The van der Waals surface area contributed by atoms with Gasteiger partial charge in [0.15, 0.2) is 0 Å². The van der Waals surface area contributed by atoms with E-state index in [4.69, 9.17) is 0 Å². The van der Waals surface area contributed by atoms with Crippen molar-refractivity contribution in [2.75, 3.05) is 5.32 Å². The maximum absolute atomic E-state index is 9.58. The predicted molar refractivity (Wildman–Crippen MR) is 73.7 cm³/mol. The Bertz CT molecular complexity index is 462. The number of anilines is 1. The summed E-state index contributed by atoms with van der Waals surface area (Å²) in [4.78, 5) is 0. The molecule has 1 unspecified atom stereocenters. The highest BCUT2D eigenvalue weighted by molar-refractivity contribution is 9.10. The normalized spacial score (nSPS) is 26.5. The van der Waals surface area contributed by atoms with Crippen LogP contribution in [-0.4, -0.2) is 5.54 Å². The van der Waals surface area contributed by atoms with Crippen LogP contribution in [0.15, 0.2) is 28.7 Å². The lowest BCUT2D eigenvalue weighted by molar-refractivity contribution is 0.290. The van der Waals surface area contributed by atoms with Crippen molar-refractivity contribution >= 4 is 21.6 Å². The van der Waals surface area contributed by atoms with Crippen molar-refractivity contribution in [3.8, 4) is 6.07 Å². The monoisotopic (exact) mass is 292 g/mol. The van der Waals surface area contributed by atoms with Crippen molar-refractivity contribution < 1.29 is 0 Å². The smallest absolute Gasteiger partial charge is 0.130 e. The van der Waals surface area contributed by atoms with Crippen molar-refractivity contribution in [3.05, 3.63) is 28.7 Å². The Hall–Kier alpha value is -1.01. The van der Waals surface area contributed by atoms with Crippen molar-refractivity contribution in [2.24, 2.45) is 5.41 Å². The highest BCUT2D eigenvalue weighted by atomic mass is 79.9. The van der Waals surface area contributed by atoms with Gasteiger partial charge in [-0.15, -0.1) is 0 Å². The molecule has 0 heterocycles. The minimum Gasteiger partial charge on any atom is -0.366 e. The van der Waals surface area contributed by atoms with E-state index in [1.807, 2.05) is 24.3 Å². The molecule has 17 heavy (non-hydrogen) atoms. The Kier molecular flexibility index (Phi) is 3.18. The van der Waals surface area contributed by atoms with E-state index < -0.39 is 5.54 Å². The molecule has 0 radical (unpaired) electrons. The number of nitriles is 1. The molecule has 0 spiro atoms. The highest BCUT2D eigenvalue weighted by Gasteiger charge is 2.49. The fourth-order valence-electron chi connectivity index (χ4n) is 2.61. The lowest BCUT2D eigenvalue weighted by Crippen LogP contribution is -2.46. The largest absolute Gasteiger partial charge is 0.366 e. The van der Waals surface area contributed by atoms with Gasteiger partial charge in [0.25, 0.3) is 0 Å². The maximum atomic E-state index is 9.58. The lowest BCUT2D eigenvalue weighted by atomic mass is 9.75. The summed E-state index contributed by atoms with van der Waals surface area (Å²) in [6, 6.07) is 10.5. The molecule has 0 amide bonds. The molecule has 2 nitrogen and oxygen atoms in total. The van der Waals surface area contributed by atoms with Gasteiger partial charge < -0.3 is 5.32 Å². The number of benzene rings is 1. The molecular weight excluding hydrogens is 276 g/mol. The molecule has 1 aliphatic carbocycles. The number of rotatable bonds is 2. The van der Waals surface area contributed by atoms with Crippen LogP contribution < -0.4 is 5.32 Å². The second-order valence-corrected chi connectivity index (χ2v) is 6.21. The zero-order valence-electron chi connectivity index (χ0n) is 10.3. The summed E-state index contributed by atoms with van der Waals surface area (Å²) in [5.74, 6) is 0. The number of para-hydroxylation sites is 1. The van der Waals surface area contributed by atoms with Crippen molar-refractivity contribution in [1.29, 1.82) is 5.26 Å². The van der Waals surface area contributed by atoms with Crippen LogP contribution >= 0.6 is 15.9 Å². The average Bonchev–Trinajstić information content (AvgIpc) is 2.58. The van der Waals surface area contributed by atoms with Gasteiger partial charge in [-0.1, -0.05) is 26.0 Å². The molecule has 0 saturated heterocycles.